The van der Waals surface area contributed by atoms with Gasteiger partial charge in [-0.1, -0.05) is 6.92 Å². The van der Waals surface area contributed by atoms with Gasteiger partial charge in [-0.3, -0.25) is 4.79 Å². The third kappa shape index (κ3) is 1.99. The zero-order valence-electron chi connectivity index (χ0n) is 11.9. The molecule has 1 atom stereocenters. The summed E-state index contributed by atoms with van der Waals surface area (Å²) < 4.78 is 0. The number of nitrogens with one attached hydrogen (secondary N) is 1. The number of hydrogen-bond donors (Lipinski definition) is 1. The molecule has 0 radical (unpaired) electrons. The van der Waals surface area contributed by atoms with Crippen molar-refractivity contribution >= 4 is 17.4 Å². The van der Waals surface area contributed by atoms with Gasteiger partial charge in [0, 0.05) is 31.0 Å². The summed E-state index contributed by atoms with van der Waals surface area (Å²) in [7, 11) is 1.85. The third-order valence-corrected chi connectivity index (χ3v) is 4.57. The van der Waals surface area contributed by atoms with E-state index < -0.39 is 0 Å². The van der Waals surface area contributed by atoms with Crippen molar-refractivity contribution in [1.82, 2.24) is 4.98 Å². The summed E-state index contributed by atoms with van der Waals surface area (Å²) in [5.41, 5.74) is 1.79. The van der Waals surface area contributed by atoms with Crippen LogP contribution in [0.5, 0.6) is 0 Å². The zero-order chi connectivity index (χ0) is 13.6. The highest BCUT2D eigenvalue weighted by molar-refractivity contribution is 6.00. The predicted molar refractivity (Wildman–Crippen MR) is 76.3 cm³/mol. The Hall–Kier alpha value is -1.58. The smallest absolute Gasteiger partial charge is 0.233 e. The maximum absolute atomic E-state index is 12.7. The molecule has 0 aromatic carbocycles. The molecule has 4 heteroatoms. The SMILES string of the molecule is CNc1cc(N2CC[C@@](C)(C3CC3)C2=O)cc(C)n1. The van der Waals surface area contributed by atoms with E-state index in [1.807, 2.05) is 31.0 Å². The maximum Gasteiger partial charge on any atom is 0.233 e. The van der Waals surface area contributed by atoms with Gasteiger partial charge in [-0.2, -0.15) is 0 Å². The van der Waals surface area contributed by atoms with Crippen LogP contribution in [0.4, 0.5) is 11.5 Å². The predicted octanol–water partition coefficient (Wildman–Crippen LogP) is 2.58. The molecule has 0 bridgehead atoms. The number of carbonyl (C=O) groups is 1. The summed E-state index contributed by atoms with van der Waals surface area (Å²) >= 11 is 0. The van der Waals surface area contributed by atoms with Crippen molar-refractivity contribution in [3.63, 3.8) is 0 Å². The lowest BCUT2D eigenvalue weighted by atomic mass is 9.83. The number of carbonyl (C=O) groups excluding carboxylic acids is 1. The molecule has 2 heterocycles. The molecular weight excluding hydrogens is 238 g/mol. The number of pyridine rings is 1. The van der Waals surface area contributed by atoms with Gasteiger partial charge in [0.1, 0.15) is 5.82 Å². The van der Waals surface area contributed by atoms with Crippen molar-refractivity contribution in [2.24, 2.45) is 11.3 Å². The van der Waals surface area contributed by atoms with Gasteiger partial charge in [-0.15, -0.1) is 0 Å². The zero-order valence-corrected chi connectivity index (χ0v) is 11.9. The minimum atomic E-state index is -0.128. The first-order valence-corrected chi connectivity index (χ1v) is 7.03. The Bertz CT molecular complexity index is 524. The first-order chi connectivity index (χ1) is 9.04. The first-order valence-electron chi connectivity index (χ1n) is 7.03. The minimum Gasteiger partial charge on any atom is -0.373 e. The van der Waals surface area contributed by atoms with Gasteiger partial charge in [0.25, 0.3) is 0 Å². The maximum atomic E-state index is 12.7. The molecule has 1 saturated carbocycles. The highest BCUT2D eigenvalue weighted by Gasteiger charge is 2.52. The fourth-order valence-electron chi connectivity index (χ4n) is 3.14. The molecule has 2 aliphatic rings. The van der Waals surface area contributed by atoms with Crippen LogP contribution in [0.1, 0.15) is 31.9 Å². The largest absolute Gasteiger partial charge is 0.373 e. The fraction of sp³-hybridized carbons (Fsp3) is 0.600. The van der Waals surface area contributed by atoms with Gasteiger partial charge >= 0.3 is 0 Å². The van der Waals surface area contributed by atoms with Crippen molar-refractivity contribution in [3.05, 3.63) is 17.8 Å². The Morgan fingerprint density at radius 1 is 1.42 bits per heavy atom. The standard InChI is InChI=1S/C15H21N3O/c1-10-8-12(9-13(16-3)17-10)18-7-6-15(2,14(18)19)11-4-5-11/h8-9,11H,4-7H2,1-3H3,(H,16,17)/t15-/m0/s1. The monoisotopic (exact) mass is 259 g/mol. The molecule has 3 rings (SSSR count). The van der Waals surface area contributed by atoms with Gasteiger partial charge in [0.05, 0.1) is 5.41 Å². The topological polar surface area (TPSA) is 45.2 Å². The summed E-state index contributed by atoms with van der Waals surface area (Å²) in [5.74, 6) is 1.72. The average molecular weight is 259 g/mol. The number of aryl methyl sites for hydroxylation is 1. The van der Waals surface area contributed by atoms with Crippen LogP contribution < -0.4 is 10.2 Å². The normalized spacial score (nSPS) is 26.9. The van der Waals surface area contributed by atoms with E-state index in [0.717, 1.165) is 30.2 Å². The van der Waals surface area contributed by atoms with Gasteiger partial charge < -0.3 is 10.2 Å². The van der Waals surface area contributed by atoms with Crippen LogP contribution in [0, 0.1) is 18.3 Å². The van der Waals surface area contributed by atoms with Crippen molar-refractivity contribution in [2.75, 3.05) is 23.8 Å². The van der Waals surface area contributed by atoms with E-state index in [1.165, 1.54) is 12.8 Å². The number of rotatable bonds is 3. The third-order valence-electron chi connectivity index (χ3n) is 4.57. The van der Waals surface area contributed by atoms with E-state index >= 15 is 0 Å². The molecule has 1 amide bonds. The molecule has 102 valence electrons. The van der Waals surface area contributed by atoms with Gasteiger partial charge in [-0.25, -0.2) is 4.98 Å². The molecule has 2 fully saturated rings. The first kappa shape index (κ1) is 12.5. The van der Waals surface area contributed by atoms with Crippen LogP contribution in [-0.2, 0) is 4.79 Å². The lowest BCUT2D eigenvalue weighted by molar-refractivity contribution is -0.125. The summed E-state index contributed by atoms with van der Waals surface area (Å²) in [6, 6.07) is 3.96. The number of anilines is 2. The molecule has 1 aliphatic carbocycles. The van der Waals surface area contributed by atoms with E-state index in [1.54, 1.807) is 0 Å². The number of amides is 1. The van der Waals surface area contributed by atoms with Crippen LogP contribution in [-0.4, -0.2) is 24.5 Å². The van der Waals surface area contributed by atoms with Crippen LogP contribution >= 0.6 is 0 Å². The van der Waals surface area contributed by atoms with Gasteiger partial charge in [0.2, 0.25) is 5.91 Å². The second-order valence-corrected chi connectivity index (χ2v) is 6.00. The van der Waals surface area contributed by atoms with E-state index in [-0.39, 0.29) is 5.41 Å². The van der Waals surface area contributed by atoms with Crippen molar-refractivity contribution < 1.29 is 4.79 Å². The molecular formula is C15H21N3O. The van der Waals surface area contributed by atoms with Gasteiger partial charge in [-0.05, 0) is 38.2 Å². The van der Waals surface area contributed by atoms with Crippen molar-refractivity contribution in [1.29, 1.82) is 0 Å². The van der Waals surface area contributed by atoms with Crippen LogP contribution in [0.2, 0.25) is 0 Å². The Kier molecular flexibility index (Phi) is 2.77. The van der Waals surface area contributed by atoms with Crippen LogP contribution in [0.3, 0.4) is 0 Å². The molecule has 0 unspecified atom stereocenters. The highest BCUT2D eigenvalue weighted by Crippen LogP contribution is 2.51. The molecule has 1 aliphatic heterocycles. The Morgan fingerprint density at radius 3 is 2.79 bits per heavy atom. The van der Waals surface area contributed by atoms with E-state index in [4.69, 9.17) is 0 Å². The van der Waals surface area contributed by atoms with E-state index in [0.29, 0.717) is 11.8 Å². The van der Waals surface area contributed by atoms with Crippen LogP contribution in [0.25, 0.3) is 0 Å². The molecule has 19 heavy (non-hydrogen) atoms. The lowest BCUT2D eigenvalue weighted by Crippen LogP contribution is -2.34. The summed E-state index contributed by atoms with van der Waals surface area (Å²) in [6.07, 6.45) is 3.41. The second-order valence-electron chi connectivity index (χ2n) is 6.00. The van der Waals surface area contributed by atoms with Crippen molar-refractivity contribution in [2.45, 2.75) is 33.1 Å². The minimum absolute atomic E-state index is 0.128. The van der Waals surface area contributed by atoms with E-state index in [9.17, 15) is 4.79 Å². The molecule has 1 aromatic heterocycles. The summed E-state index contributed by atoms with van der Waals surface area (Å²) in [6.45, 7) is 4.93. The lowest BCUT2D eigenvalue weighted by Gasteiger charge is -2.23. The van der Waals surface area contributed by atoms with Gasteiger partial charge in [0.15, 0.2) is 0 Å². The quantitative estimate of drug-likeness (QED) is 0.907. The van der Waals surface area contributed by atoms with Crippen LogP contribution in [0.15, 0.2) is 12.1 Å². The molecule has 1 aromatic rings. The summed E-state index contributed by atoms with van der Waals surface area (Å²) in [4.78, 5) is 19.0. The highest BCUT2D eigenvalue weighted by atomic mass is 16.2. The Morgan fingerprint density at radius 2 is 2.16 bits per heavy atom. The Labute approximate surface area is 114 Å². The van der Waals surface area contributed by atoms with E-state index in [2.05, 4.69) is 17.2 Å². The Balaban J connectivity index is 1.91. The fourth-order valence-corrected chi connectivity index (χ4v) is 3.14. The molecule has 4 nitrogen and oxygen atoms in total. The molecule has 1 N–H and O–H groups in total. The number of nitrogens with zero attached hydrogens (tertiary/aromatic N) is 2. The van der Waals surface area contributed by atoms with Crippen molar-refractivity contribution in [3.8, 4) is 0 Å². The summed E-state index contributed by atoms with van der Waals surface area (Å²) in [5, 5.41) is 3.05. The molecule has 0 spiro atoms. The second kappa shape index (κ2) is 4.22. The number of hydrogen-bond acceptors (Lipinski definition) is 3. The number of aromatic nitrogens is 1. The average Bonchev–Trinajstić information content (AvgIpc) is 3.18. The molecule has 1 saturated heterocycles.